The van der Waals surface area contributed by atoms with Crippen LogP contribution in [0.25, 0.3) is 0 Å². The molecule has 0 bridgehead atoms. The molecule has 0 saturated heterocycles. The zero-order valence-corrected chi connectivity index (χ0v) is 14.4. The SMILES string of the molecule is CS(=O)(=O)c1ccc(NC(=O)c2ccc(Cn3cccn3)cc2)cc1. The van der Waals surface area contributed by atoms with E-state index in [1.807, 2.05) is 24.4 Å². The van der Waals surface area contributed by atoms with Gasteiger partial charge in [-0.15, -0.1) is 0 Å². The maximum Gasteiger partial charge on any atom is 0.255 e. The van der Waals surface area contributed by atoms with E-state index in [0.29, 0.717) is 17.8 Å². The highest BCUT2D eigenvalue weighted by molar-refractivity contribution is 7.90. The third kappa shape index (κ3) is 4.33. The Hall–Kier alpha value is -2.93. The van der Waals surface area contributed by atoms with E-state index in [0.717, 1.165) is 11.8 Å². The zero-order chi connectivity index (χ0) is 17.9. The van der Waals surface area contributed by atoms with Crippen molar-refractivity contribution in [3.63, 3.8) is 0 Å². The quantitative estimate of drug-likeness (QED) is 0.763. The van der Waals surface area contributed by atoms with Crippen molar-refractivity contribution in [3.05, 3.63) is 78.1 Å². The first-order valence-corrected chi connectivity index (χ1v) is 9.49. The molecule has 0 unspecified atom stereocenters. The van der Waals surface area contributed by atoms with Gasteiger partial charge in [0.2, 0.25) is 0 Å². The minimum absolute atomic E-state index is 0.216. The zero-order valence-electron chi connectivity index (χ0n) is 13.6. The molecule has 1 heterocycles. The van der Waals surface area contributed by atoms with Crippen LogP contribution in [-0.4, -0.2) is 30.4 Å². The van der Waals surface area contributed by atoms with Gasteiger partial charge in [-0.2, -0.15) is 5.10 Å². The van der Waals surface area contributed by atoms with Crippen molar-refractivity contribution < 1.29 is 13.2 Å². The van der Waals surface area contributed by atoms with Gasteiger partial charge in [0.25, 0.3) is 5.91 Å². The van der Waals surface area contributed by atoms with Gasteiger partial charge in [0, 0.05) is 29.9 Å². The fraction of sp³-hybridized carbons (Fsp3) is 0.111. The van der Waals surface area contributed by atoms with Crippen LogP contribution in [0.2, 0.25) is 0 Å². The number of carbonyl (C=O) groups is 1. The molecule has 7 heteroatoms. The van der Waals surface area contributed by atoms with E-state index >= 15 is 0 Å². The number of amides is 1. The van der Waals surface area contributed by atoms with Gasteiger partial charge in [-0.25, -0.2) is 8.42 Å². The van der Waals surface area contributed by atoms with Gasteiger partial charge >= 0.3 is 0 Å². The normalized spacial score (nSPS) is 11.2. The smallest absolute Gasteiger partial charge is 0.255 e. The molecular formula is C18H17N3O3S. The van der Waals surface area contributed by atoms with E-state index in [9.17, 15) is 13.2 Å². The van der Waals surface area contributed by atoms with E-state index in [4.69, 9.17) is 0 Å². The number of hydrogen-bond acceptors (Lipinski definition) is 4. The maximum atomic E-state index is 12.3. The second-order valence-electron chi connectivity index (χ2n) is 5.65. The summed E-state index contributed by atoms with van der Waals surface area (Å²) in [5.41, 5.74) is 2.10. The van der Waals surface area contributed by atoms with E-state index in [2.05, 4.69) is 10.4 Å². The predicted octanol–water partition coefficient (Wildman–Crippen LogP) is 2.59. The van der Waals surface area contributed by atoms with Crippen molar-refractivity contribution >= 4 is 21.4 Å². The van der Waals surface area contributed by atoms with Crippen molar-refractivity contribution in [2.75, 3.05) is 11.6 Å². The Labute approximate surface area is 146 Å². The molecule has 0 spiro atoms. The minimum Gasteiger partial charge on any atom is -0.322 e. The minimum atomic E-state index is -3.25. The van der Waals surface area contributed by atoms with Crippen LogP contribution >= 0.6 is 0 Å². The van der Waals surface area contributed by atoms with Crippen molar-refractivity contribution in [3.8, 4) is 0 Å². The molecule has 0 aliphatic heterocycles. The summed E-state index contributed by atoms with van der Waals surface area (Å²) in [5, 5.41) is 6.89. The predicted molar refractivity (Wildman–Crippen MR) is 95.3 cm³/mol. The van der Waals surface area contributed by atoms with Gasteiger partial charge < -0.3 is 5.32 Å². The first-order chi connectivity index (χ1) is 11.9. The number of nitrogens with zero attached hydrogens (tertiary/aromatic N) is 2. The Morgan fingerprint density at radius 2 is 1.76 bits per heavy atom. The van der Waals surface area contributed by atoms with E-state index < -0.39 is 9.84 Å². The third-order valence-electron chi connectivity index (χ3n) is 3.66. The largest absolute Gasteiger partial charge is 0.322 e. The first-order valence-electron chi connectivity index (χ1n) is 7.60. The highest BCUT2D eigenvalue weighted by Crippen LogP contribution is 2.15. The lowest BCUT2D eigenvalue weighted by molar-refractivity contribution is 0.102. The molecule has 1 N–H and O–H groups in total. The molecule has 0 aliphatic rings. The third-order valence-corrected chi connectivity index (χ3v) is 4.79. The Balaban J connectivity index is 1.66. The lowest BCUT2D eigenvalue weighted by Gasteiger charge is -2.07. The Morgan fingerprint density at radius 3 is 2.32 bits per heavy atom. The average molecular weight is 355 g/mol. The Morgan fingerprint density at radius 1 is 1.08 bits per heavy atom. The summed E-state index contributed by atoms with van der Waals surface area (Å²) in [7, 11) is -3.25. The van der Waals surface area contributed by atoms with Gasteiger partial charge in [0.05, 0.1) is 11.4 Å². The first kappa shape index (κ1) is 16.9. The number of hydrogen-bond donors (Lipinski definition) is 1. The lowest BCUT2D eigenvalue weighted by atomic mass is 10.1. The number of nitrogens with one attached hydrogen (secondary N) is 1. The van der Waals surface area contributed by atoms with Gasteiger partial charge in [-0.05, 0) is 48.0 Å². The Kier molecular flexibility index (Phi) is 4.67. The van der Waals surface area contributed by atoms with Crippen LogP contribution in [0.15, 0.2) is 71.9 Å². The van der Waals surface area contributed by atoms with Gasteiger partial charge in [-0.3, -0.25) is 9.48 Å². The summed E-state index contributed by atoms with van der Waals surface area (Å²) in [6.07, 6.45) is 4.74. The van der Waals surface area contributed by atoms with E-state index in [1.165, 1.54) is 12.1 Å². The van der Waals surface area contributed by atoms with Crippen LogP contribution in [-0.2, 0) is 16.4 Å². The van der Waals surface area contributed by atoms with Gasteiger partial charge in [-0.1, -0.05) is 12.1 Å². The molecule has 3 rings (SSSR count). The van der Waals surface area contributed by atoms with Crippen LogP contribution in [0.3, 0.4) is 0 Å². The summed E-state index contributed by atoms with van der Waals surface area (Å²) in [4.78, 5) is 12.5. The molecule has 25 heavy (non-hydrogen) atoms. The van der Waals surface area contributed by atoms with Gasteiger partial charge in [0.15, 0.2) is 9.84 Å². The van der Waals surface area contributed by atoms with Crippen LogP contribution < -0.4 is 5.32 Å². The van der Waals surface area contributed by atoms with Gasteiger partial charge in [0.1, 0.15) is 0 Å². The van der Waals surface area contributed by atoms with Crippen LogP contribution in [0.5, 0.6) is 0 Å². The highest BCUT2D eigenvalue weighted by Gasteiger charge is 2.09. The number of benzene rings is 2. The lowest BCUT2D eigenvalue weighted by Crippen LogP contribution is -2.12. The molecule has 0 aliphatic carbocycles. The number of carbonyl (C=O) groups excluding carboxylic acids is 1. The molecule has 1 amide bonds. The topological polar surface area (TPSA) is 81.1 Å². The van der Waals surface area contributed by atoms with Crippen molar-refractivity contribution in [2.24, 2.45) is 0 Å². The second kappa shape index (κ2) is 6.90. The molecule has 0 atom stereocenters. The van der Waals surface area contributed by atoms with E-state index in [-0.39, 0.29) is 10.8 Å². The van der Waals surface area contributed by atoms with Crippen molar-refractivity contribution in [1.82, 2.24) is 9.78 Å². The Bertz CT molecular complexity index is 961. The molecule has 3 aromatic rings. The average Bonchev–Trinajstić information content (AvgIpc) is 3.08. The number of aromatic nitrogens is 2. The molecule has 6 nitrogen and oxygen atoms in total. The molecule has 2 aromatic carbocycles. The fourth-order valence-electron chi connectivity index (χ4n) is 2.33. The van der Waals surface area contributed by atoms with Crippen molar-refractivity contribution in [2.45, 2.75) is 11.4 Å². The summed E-state index contributed by atoms with van der Waals surface area (Å²) >= 11 is 0. The van der Waals surface area contributed by atoms with Crippen LogP contribution in [0.4, 0.5) is 5.69 Å². The molecular weight excluding hydrogens is 338 g/mol. The summed E-state index contributed by atoms with van der Waals surface area (Å²) < 4.78 is 24.7. The summed E-state index contributed by atoms with van der Waals surface area (Å²) in [6.45, 7) is 0.641. The maximum absolute atomic E-state index is 12.3. The molecule has 0 fully saturated rings. The standard InChI is InChI=1S/C18H17N3O3S/c1-25(23,24)17-9-7-16(8-10-17)20-18(22)15-5-3-14(4-6-15)13-21-12-2-11-19-21/h2-12H,13H2,1H3,(H,20,22). The van der Waals surface area contributed by atoms with Crippen LogP contribution in [0.1, 0.15) is 15.9 Å². The number of sulfone groups is 1. The molecule has 0 radical (unpaired) electrons. The second-order valence-corrected chi connectivity index (χ2v) is 7.67. The van der Waals surface area contributed by atoms with E-state index in [1.54, 1.807) is 35.1 Å². The number of anilines is 1. The highest BCUT2D eigenvalue weighted by atomic mass is 32.2. The van der Waals surface area contributed by atoms with Crippen molar-refractivity contribution in [1.29, 1.82) is 0 Å². The summed E-state index contributed by atoms with van der Waals surface area (Å²) in [6, 6.07) is 15.2. The van der Waals surface area contributed by atoms with Crippen LogP contribution in [0, 0.1) is 0 Å². The summed E-state index contributed by atoms with van der Waals surface area (Å²) in [5.74, 6) is -0.252. The molecule has 128 valence electrons. The molecule has 1 aromatic heterocycles. The number of rotatable bonds is 5. The monoisotopic (exact) mass is 355 g/mol. The molecule has 0 saturated carbocycles. The fourth-order valence-corrected chi connectivity index (χ4v) is 2.96.